The Labute approximate surface area is 194 Å². The maximum atomic E-state index is 9.32. The van der Waals surface area contributed by atoms with Crippen molar-refractivity contribution >= 4 is 22.4 Å². The van der Waals surface area contributed by atoms with Crippen molar-refractivity contribution in [2.45, 2.75) is 25.7 Å². The molecule has 0 spiro atoms. The van der Waals surface area contributed by atoms with Crippen LogP contribution in [0.4, 0.5) is 11.6 Å². The van der Waals surface area contributed by atoms with Crippen molar-refractivity contribution < 1.29 is 5.11 Å². The summed E-state index contributed by atoms with van der Waals surface area (Å²) in [4.78, 5) is 13.7. The topological polar surface area (TPSA) is 78.3 Å². The van der Waals surface area contributed by atoms with Gasteiger partial charge >= 0.3 is 0 Å². The molecule has 1 saturated heterocycles. The van der Waals surface area contributed by atoms with E-state index < -0.39 is 0 Å². The SMILES string of the molecule is CC(CO)c1cnc(N2CCN(c3nnc(CC4C=CC=CC4)c4ccccc34)CC2)cn1. The first-order valence-corrected chi connectivity index (χ1v) is 11.7. The van der Waals surface area contributed by atoms with Crippen LogP contribution in [0.25, 0.3) is 10.8 Å². The Bertz CT molecular complexity index is 1150. The number of fused-ring (bicyclic) bond motifs is 1. The maximum Gasteiger partial charge on any atom is 0.159 e. The molecule has 0 amide bonds. The number of hydrogen-bond acceptors (Lipinski definition) is 7. The van der Waals surface area contributed by atoms with Gasteiger partial charge in [-0.3, -0.25) is 4.98 Å². The number of anilines is 2. The van der Waals surface area contributed by atoms with Crippen LogP contribution in [0.3, 0.4) is 0 Å². The molecule has 7 nitrogen and oxygen atoms in total. The number of nitrogens with zero attached hydrogens (tertiary/aromatic N) is 6. The van der Waals surface area contributed by atoms with Crippen molar-refractivity contribution in [2.75, 3.05) is 42.6 Å². The van der Waals surface area contributed by atoms with E-state index >= 15 is 0 Å². The van der Waals surface area contributed by atoms with Crippen molar-refractivity contribution in [2.24, 2.45) is 5.92 Å². The summed E-state index contributed by atoms with van der Waals surface area (Å²) < 4.78 is 0. The van der Waals surface area contributed by atoms with Crippen LogP contribution >= 0.6 is 0 Å². The lowest BCUT2D eigenvalue weighted by Gasteiger charge is -2.36. The van der Waals surface area contributed by atoms with Gasteiger partial charge in [-0.25, -0.2) is 4.98 Å². The Hall–Kier alpha value is -3.32. The molecular weight excluding hydrogens is 412 g/mol. The molecule has 5 rings (SSSR count). The zero-order chi connectivity index (χ0) is 22.6. The number of piperazine rings is 1. The van der Waals surface area contributed by atoms with E-state index in [-0.39, 0.29) is 12.5 Å². The number of aromatic nitrogens is 4. The lowest BCUT2D eigenvalue weighted by Crippen LogP contribution is -2.47. The van der Waals surface area contributed by atoms with E-state index in [2.05, 4.69) is 73.4 Å². The van der Waals surface area contributed by atoms with Crippen LogP contribution in [0.5, 0.6) is 0 Å². The summed E-state index contributed by atoms with van der Waals surface area (Å²) in [5, 5.41) is 21.1. The highest BCUT2D eigenvalue weighted by Crippen LogP contribution is 2.29. The monoisotopic (exact) mass is 442 g/mol. The van der Waals surface area contributed by atoms with Crippen molar-refractivity contribution in [1.82, 2.24) is 20.2 Å². The molecule has 0 radical (unpaired) electrons. The molecule has 3 aromatic rings. The third kappa shape index (κ3) is 4.59. The Balaban J connectivity index is 1.31. The van der Waals surface area contributed by atoms with Gasteiger partial charge < -0.3 is 14.9 Å². The predicted molar refractivity (Wildman–Crippen MR) is 132 cm³/mol. The zero-order valence-corrected chi connectivity index (χ0v) is 19.0. The molecule has 7 heteroatoms. The van der Waals surface area contributed by atoms with Gasteiger partial charge in [-0.15, -0.1) is 5.10 Å². The van der Waals surface area contributed by atoms with E-state index in [0.29, 0.717) is 5.92 Å². The molecule has 0 saturated carbocycles. The summed E-state index contributed by atoms with van der Waals surface area (Å²) in [6, 6.07) is 8.51. The van der Waals surface area contributed by atoms with Crippen LogP contribution in [0, 0.1) is 5.92 Å². The summed E-state index contributed by atoms with van der Waals surface area (Å²) in [7, 11) is 0. The second-order valence-electron chi connectivity index (χ2n) is 8.89. The van der Waals surface area contributed by atoms with Crippen LogP contribution < -0.4 is 9.80 Å². The number of allylic oxidation sites excluding steroid dienone is 4. The lowest BCUT2D eigenvalue weighted by molar-refractivity contribution is 0.271. The van der Waals surface area contributed by atoms with Gasteiger partial charge in [0.05, 0.1) is 30.4 Å². The van der Waals surface area contributed by atoms with Gasteiger partial charge in [0.25, 0.3) is 0 Å². The first-order valence-electron chi connectivity index (χ1n) is 11.7. The van der Waals surface area contributed by atoms with Gasteiger partial charge in [-0.1, -0.05) is 55.5 Å². The van der Waals surface area contributed by atoms with Gasteiger partial charge in [0.1, 0.15) is 5.82 Å². The minimum atomic E-state index is 0.00354. The van der Waals surface area contributed by atoms with Gasteiger partial charge in [0.15, 0.2) is 5.82 Å². The molecule has 2 unspecified atom stereocenters. The summed E-state index contributed by atoms with van der Waals surface area (Å²) >= 11 is 0. The van der Waals surface area contributed by atoms with Crippen molar-refractivity contribution in [3.8, 4) is 0 Å². The van der Waals surface area contributed by atoms with E-state index in [9.17, 15) is 5.11 Å². The molecule has 33 heavy (non-hydrogen) atoms. The molecule has 1 fully saturated rings. The first kappa shape index (κ1) is 21.5. The largest absolute Gasteiger partial charge is 0.396 e. The summed E-state index contributed by atoms with van der Waals surface area (Å²) in [6.45, 7) is 5.42. The summed E-state index contributed by atoms with van der Waals surface area (Å²) in [5.74, 6) is 2.33. The first-order chi connectivity index (χ1) is 16.2. The highest BCUT2D eigenvalue weighted by molar-refractivity contribution is 5.93. The number of aliphatic hydroxyl groups is 1. The third-order valence-corrected chi connectivity index (χ3v) is 6.61. The maximum absolute atomic E-state index is 9.32. The predicted octanol–water partition coefficient (Wildman–Crippen LogP) is 3.52. The fraction of sp³-hybridized carbons (Fsp3) is 0.385. The average Bonchev–Trinajstić information content (AvgIpc) is 2.89. The van der Waals surface area contributed by atoms with Gasteiger partial charge in [-0.2, -0.15) is 5.10 Å². The second kappa shape index (κ2) is 9.67. The van der Waals surface area contributed by atoms with Crippen LogP contribution in [-0.2, 0) is 6.42 Å². The molecular formula is C26H30N6O. The van der Waals surface area contributed by atoms with E-state index in [4.69, 9.17) is 5.10 Å². The molecule has 1 N–H and O–H groups in total. The normalized spacial score (nSPS) is 19.3. The van der Waals surface area contributed by atoms with Crippen LogP contribution in [0.1, 0.15) is 30.7 Å². The average molecular weight is 443 g/mol. The Kier molecular flexibility index (Phi) is 6.30. The summed E-state index contributed by atoms with van der Waals surface area (Å²) in [6.07, 6.45) is 14.3. The third-order valence-electron chi connectivity index (χ3n) is 6.61. The quantitative estimate of drug-likeness (QED) is 0.626. The Morgan fingerprint density at radius 2 is 1.76 bits per heavy atom. The minimum absolute atomic E-state index is 0.00354. The number of rotatable bonds is 6. The number of hydrogen-bond donors (Lipinski definition) is 1. The van der Waals surface area contributed by atoms with Crippen molar-refractivity contribution in [3.63, 3.8) is 0 Å². The van der Waals surface area contributed by atoms with Crippen LogP contribution in [0.2, 0.25) is 0 Å². The van der Waals surface area contributed by atoms with Gasteiger partial charge in [0, 0.05) is 42.9 Å². The molecule has 3 heterocycles. The lowest BCUT2D eigenvalue weighted by atomic mass is 9.94. The zero-order valence-electron chi connectivity index (χ0n) is 19.0. The van der Waals surface area contributed by atoms with E-state index in [1.54, 1.807) is 6.20 Å². The molecule has 2 aliphatic rings. The smallest absolute Gasteiger partial charge is 0.159 e. The van der Waals surface area contributed by atoms with Gasteiger partial charge in [-0.05, 0) is 18.8 Å². The number of benzene rings is 1. The minimum Gasteiger partial charge on any atom is -0.396 e. The molecule has 170 valence electrons. The fourth-order valence-electron chi connectivity index (χ4n) is 4.55. The van der Waals surface area contributed by atoms with Crippen molar-refractivity contribution in [3.05, 3.63) is 72.4 Å². The Morgan fingerprint density at radius 3 is 2.45 bits per heavy atom. The van der Waals surface area contributed by atoms with Crippen LogP contribution in [-0.4, -0.2) is 58.1 Å². The molecule has 1 aliphatic heterocycles. The fourth-order valence-corrected chi connectivity index (χ4v) is 4.55. The standard InChI is InChI=1S/C26H30N6O/c1-19(18-33)24-16-28-25(17-27-24)31-11-13-32(14-12-31)26-22-10-6-5-9-21(22)23(29-30-26)15-20-7-3-2-4-8-20/h2-7,9-10,16-17,19-20,33H,8,11-15,18H2,1H3. The number of aliphatic hydroxyl groups excluding tert-OH is 1. The molecule has 1 aliphatic carbocycles. The van der Waals surface area contributed by atoms with Crippen molar-refractivity contribution in [1.29, 1.82) is 0 Å². The molecule has 2 atom stereocenters. The van der Waals surface area contributed by atoms with Crippen LogP contribution in [0.15, 0.2) is 61.0 Å². The Morgan fingerprint density at radius 1 is 0.970 bits per heavy atom. The molecule has 0 bridgehead atoms. The van der Waals surface area contributed by atoms with E-state index in [0.717, 1.165) is 62.0 Å². The van der Waals surface area contributed by atoms with Gasteiger partial charge in [0.2, 0.25) is 0 Å². The molecule has 1 aromatic carbocycles. The summed E-state index contributed by atoms with van der Waals surface area (Å²) in [5.41, 5.74) is 1.90. The van der Waals surface area contributed by atoms with E-state index in [1.165, 1.54) is 10.8 Å². The molecule has 2 aromatic heterocycles. The highest BCUT2D eigenvalue weighted by Gasteiger charge is 2.23. The van der Waals surface area contributed by atoms with E-state index in [1.807, 2.05) is 13.1 Å². The highest BCUT2D eigenvalue weighted by atomic mass is 16.3. The second-order valence-corrected chi connectivity index (χ2v) is 8.89.